The molecule has 1 unspecified atom stereocenters. The van der Waals surface area contributed by atoms with Gasteiger partial charge in [0.25, 0.3) is 0 Å². The van der Waals surface area contributed by atoms with Gasteiger partial charge in [-0.15, -0.1) is 0 Å². The van der Waals surface area contributed by atoms with Gasteiger partial charge in [-0.2, -0.15) is 5.26 Å². The fraction of sp³-hybridized carbons (Fsp3) is 0.909. The van der Waals surface area contributed by atoms with Gasteiger partial charge < -0.3 is 5.32 Å². The van der Waals surface area contributed by atoms with Crippen molar-refractivity contribution in [1.82, 2.24) is 10.2 Å². The Kier molecular flexibility index (Phi) is 3.91. The van der Waals surface area contributed by atoms with Crippen LogP contribution in [0.3, 0.4) is 0 Å². The van der Waals surface area contributed by atoms with Crippen LogP contribution < -0.4 is 5.32 Å². The van der Waals surface area contributed by atoms with Crippen LogP contribution in [0, 0.1) is 16.7 Å². The van der Waals surface area contributed by atoms with E-state index in [2.05, 4.69) is 37.1 Å². The molecule has 0 saturated carbocycles. The molecule has 0 amide bonds. The molecular formula is C11H21N3. The molecule has 3 heteroatoms. The highest BCUT2D eigenvalue weighted by Crippen LogP contribution is 2.19. The minimum absolute atomic E-state index is 0.0751. The molecule has 1 aliphatic rings. The van der Waals surface area contributed by atoms with Gasteiger partial charge in [0.1, 0.15) is 6.04 Å². The number of nitrogens with zero attached hydrogens (tertiary/aromatic N) is 2. The maximum Gasteiger partial charge on any atom is 0.110 e. The molecule has 0 aromatic carbocycles. The van der Waals surface area contributed by atoms with Gasteiger partial charge in [-0.1, -0.05) is 20.8 Å². The van der Waals surface area contributed by atoms with Gasteiger partial charge in [0.05, 0.1) is 6.07 Å². The second kappa shape index (κ2) is 4.77. The van der Waals surface area contributed by atoms with Gasteiger partial charge in [-0.25, -0.2) is 0 Å². The Balaban J connectivity index is 2.38. The summed E-state index contributed by atoms with van der Waals surface area (Å²) in [5, 5.41) is 12.2. The molecule has 1 rings (SSSR count). The summed E-state index contributed by atoms with van der Waals surface area (Å²) in [5.41, 5.74) is 0.366. The normalized spacial score (nSPS) is 24.6. The van der Waals surface area contributed by atoms with Crippen LogP contribution in [0.4, 0.5) is 0 Å². The molecule has 0 bridgehead atoms. The van der Waals surface area contributed by atoms with Gasteiger partial charge in [0.15, 0.2) is 0 Å². The van der Waals surface area contributed by atoms with Gasteiger partial charge in [-0.3, -0.25) is 4.90 Å². The second-order valence-electron chi connectivity index (χ2n) is 5.20. The first-order valence-corrected chi connectivity index (χ1v) is 5.37. The Bertz CT molecular complexity index is 212. The quantitative estimate of drug-likeness (QED) is 0.720. The molecule has 1 N–H and O–H groups in total. The van der Waals surface area contributed by atoms with Crippen molar-refractivity contribution in [2.45, 2.75) is 33.2 Å². The SMILES string of the molecule is CC(C)(C)CCN1CCNCC1C#N. The molecule has 1 saturated heterocycles. The predicted molar refractivity (Wildman–Crippen MR) is 57.9 cm³/mol. The first-order valence-electron chi connectivity index (χ1n) is 5.37. The van der Waals surface area contributed by atoms with Gasteiger partial charge >= 0.3 is 0 Å². The maximum absolute atomic E-state index is 8.96. The van der Waals surface area contributed by atoms with Crippen LogP contribution in [-0.4, -0.2) is 37.1 Å². The Morgan fingerprint density at radius 3 is 2.79 bits per heavy atom. The monoisotopic (exact) mass is 195 g/mol. The smallest absolute Gasteiger partial charge is 0.110 e. The topological polar surface area (TPSA) is 39.1 Å². The first kappa shape index (κ1) is 11.5. The molecule has 14 heavy (non-hydrogen) atoms. The molecule has 0 radical (unpaired) electrons. The summed E-state index contributed by atoms with van der Waals surface area (Å²) in [6.07, 6.45) is 1.16. The van der Waals surface area contributed by atoms with E-state index in [0.717, 1.165) is 32.6 Å². The lowest BCUT2D eigenvalue weighted by Gasteiger charge is -2.33. The summed E-state index contributed by atoms with van der Waals surface area (Å²) >= 11 is 0. The third kappa shape index (κ3) is 3.65. The van der Waals surface area contributed by atoms with Crippen molar-refractivity contribution in [2.24, 2.45) is 5.41 Å². The van der Waals surface area contributed by atoms with Crippen LogP contribution in [0.15, 0.2) is 0 Å². The zero-order chi connectivity index (χ0) is 10.6. The van der Waals surface area contributed by atoms with Crippen molar-refractivity contribution in [1.29, 1.82) is 5.26 Å². The fourth-order valence-electron chi connectivity index (χ4n) is 1.62. The van der Waals surface area contributed by atoms with Crippen molar-refractivity contribution in [3.63, 3.8) is 0 Å². The summed E-state index contributed by atoms with van der Waals surface area (Å²) in [5.74, 6) is 0. The molecule has 0 aliphatic carbocycles. The van der Waals surface area contributed by atoms with Crippen LogP contribution in [0.5, 0.6) is 0 Å². The van der Waals surface area contributed by atoms with Crippen LogP contribution in [0.25, 0.3) is 0 Å². The lowest BCUT2D eigenvalue weighted by atomic mass is 9.92. The highest BCUT2D eigenvalue weighted by molar-refractivity contribution is 4.96. The van der Waals surface area contributed by atoms with E-state index in [4.69, 9.17) is 5.26 Å². The van der Waals surface area contributed by atoms with Gasteiger partial charge in [0.2, 0.25) is 0 Å². The van der Waals surface area contributed by atoms with E-state index >= 15 is 0 Å². The standard InChI is InChI=1S/C11H21N3/c1-11(2,3)4-6-14-7-5-13-9-10(14)8-12/h10,13H,4-7,9H2,1-3H3. The molecular weight excluding hydrogens is 174 g/mol. The van der Waals surface area contributed by atoms with Crippen LogP contribution in [0.1, 0.15) is 27.2 Å². The summed E-state index contributed by atoms with van der Waals surface area (Å²) in [4.78, 5) is 2.29. The van der Waals surface area contributed by atoms with Crippen molar-refractivity contribution in [2.75, 3.05) is 26.2 Å². The van der Waals surface area contributed by atoms with E-state index in [9.17, 15) is 0 Å². The summed E-state index contributed by atoms with van der Waals surface area (Å²) in [6, 6.07) is 2.43. The average Bonchev–Trinajstić information content (AvgIpc) is 2.14. The first-order chi connectivity index (χ1) is 6.53. The highest BCUT2D eigenvalue weighted by atomic mass is 15.2. The molecule has 1 atom stereocenters. The second-order valence-corrected chi connectivity index (χ2v) is 5.20. The molecule has 1 heterocycles. The maximum atomic E-state index is 8.96. The average molecular weight is 195 g/mol. The van der Waals surface area contributed by atoms with Crippen molar-refractivity contribution in [3.8, 4) is 6.07 Å². The summed E-state index contributed by atoms with van der Waals surface area (Å²) in [6.45, 7) is 10.6. The minimum Gasteiger partial charge on any atom is -0.313 e. The number of hydrogen-bond donors (Lipinski definition) is 1. The minimum atomic E-state index is 0.0751. The molecule has 3 nitrogen and oxygen atoms in total. The van der Waals surface area contributed by atoms with E-state index < -0.39 is 0 Å². The largest absolute Gasteiger partial charge is 0.313 e. The highest BCUT2D eigenvalue weighted by Gasteiger charge is 2.22. The van der Waals surface area contributed by atoms with Gasteiger partial charge in [-0.05, 0) is 18.4 Å². The third-order valence-electron chi connectivity index (χ3n) is 2.65. The van der Waals surface area contributed by atoms with Crippen LogP contribution in [0.2, 0.25) is 0 Å². The van der Waals surface area contributed by atoms with Crippen molar-refractivity contribution >= 4 is 0 Å². The number of hydrogen-bond acceptors (Lipinski definition) is 3. The van der Waals surface area contributed by atoms with E-state index in [1.165, 1.54) is 0 Å². The van der Waals surface area contributed by atoms with E-state index in [1.54, 1.807) is 0 Å². The van der Waals surface area contributed by atoms with Crippen LogP contribution >= 0.6 is 0 Å². The summed E-state index contributed by atoms with van der Waals surface area (Å²) < 4.78 is 0. The van der Waals surface area contributed by atoms with Crippen LogP contribution in [-0.2, 0) is 0 Å². The predicted octanol–water partition coefficient (Wildman–Crippen LogP) is 1.22. The van der Waals surface area contributed by atoms with Crippen molar-refractivity contribution in [3.05, 3.63) is 0 Å². The lowest BCUT2D eigenvalue weighted by Crippen LogP contribution is -2.51. The molecule has 0 aromatic rings. The number of nitriles is 1. The molecule has 0 spiro atoms. The molecule has 1 aliphatic heterocycles. The Morgan fingerprint density at radius 1 is 1.50 bits per heavy atom. The Labute approximate surface area is 87.1 Å². The van der Waals surface area contributed by atoms with E-state index in [0.29, 0.717) is 5.41 Å². The number of nitrogens with one attached hydrogen (secondary N) is 1. The zero-order valence-electron chi connectivity index (χ0n) is 9.51. The third-order valence-corrected chi connectivity index (χ3v) is 2.65. The van der Waals surface area contributed by atoms with Gasteiger partial charge in [0, 0.05) is 19.6 Å². The Morgan fingerprint density at radius 2 is 2.21 bits per heavy atom. The Hall–Kier alpha value is -0.590. The molecule has 80 valence electrons. The van der Waals surface area contributed by atoms with Crippen molar-refractivity contribution < 1.29 is 0 Å². The lowest BCUT2D eigenvalue weighted by molar-refractivity contribution is 0.171. The molecule has 0 aromatic heterocycles. The molecule has 1 fully saturated rings. The summed E-state index contributed by atoms with van der Waals surface area (Å²) in [7, 11) is 0. The number of piperazine rings is 1. The van der Waals surface area contributed by atoms with E-state index in [-0.39, 0.29) is 6.04 Å². The van der Waals surface area contributed by atoms with E-state index in [1.807, 2.05) is 0 Å². The fourth-order valence-corrected chi connectivity index (χ4v) is 1.62. The number of rotatable bonds is 2. The zero-order valence-corrected chi connectivity index (χ0v) is 9.51.